The number of carbonyl (C=O) groups is 3. The molecule has 2 heterocycles. The summed E-state index contributed by atoms with van der Waals surface area (Å²) in [5.74, 6) is -2.07. The number of nitrogens with zero attached hydrogens (tertiary/aromatic N) is 2. The Morgan fingerprint density at radius 3 is 2.32 bits per heavy atom. The smallest absolute Gasteiger partial charge is 0.416 e. The second kappa shape index (κ2) is 11.2. The highest BCUT2D eigenvalue weighted by Crippen LogP contribution is 2.37. The van der Waals surface area contributed by atoms with E-state index in [-0.39, 0.29) is 37.7 Å². The molecule has 9 nitrogen and oxygen atoms in total. The van der Waals surface area contributed by atoms with Crippen molar-refractivity contribution in [3.05, 3.63) is 35.4 Å². The molecular weight excluding hydrogens is 527 g/mol. The molecule has 13 heteroatoms. The highest BCUT2D eigenvalue weighted by Gasteiger charge is 2.47. The summed E-state index contributed by atoms with van der Waals surface area (Å²) >= 11 is 0. The molecule has 1 N–H and O–H groups in total. The molecule has 38 heavy (non-hydrogen) atoms. The van der Waals surface area contributed by atoms with Crippen LogP contribution in [0.15, 0.2) is 24.3 Å². The van der Waals surface area contributed by atoms with E-state index in [1.54, 1.807) is 0 Å². The molecule has 3 fully saturated rings. The number of esters is 1. The predicted molar refractivity (Wildman–Crippen MR) is 130 cm³/mol. The van der Waals surface area contributed by atoms with E-state index in [9.17, 15) is 36.0 Å². The average Bonchev–Trinajstić information content (AvgIpc) is 3.35. The highest BCUT2D eigenvalue weighted by atomic mass is 32.2. The van der Waals surface area contributed by atoms with Gasteiger partial charge < -0.3 is 15.0 Å². The van der Waals surface area contributed by atoms with Crippen LogP contribution in [-0.2, 0) is 41.9 Å². The summed E-state index contributed by atoms with van der Waals surface area (Å²) in [6, 6.07) is 3.79. The van der Waals surface area contributed by atoms with Crippen LogP contribution in [0.1, 0.15) is 49.7 Å². The molecule has 1 aliphatic carbocycles. The number of methoxy groups -OCH3 is 1. The number of likely N-dealkylation sites (tertiary alicyclic amines) is 1. The molecule has 2 saturated heterocycles. The van der Waals surface area contributed by atoms with Crippen LogP contribution in [0.3, 0.4) is 0 Å². The largest absolute Gasteiger partial charge is 0.469 e. The molecule has 3 aliphatic rings. The Labute approximate surface area is 219 Å². The van der Waals surface area contributed by atoms with Crippen molar-refractivity contribution in [2.45, 2.75) is 62.5 Å². The van der Waals surface area contributed by atoms with Gasteiger partial charge in [-0.3, -0.25) is 14.4 Å². The Morgan fingerprint density at radius 2 is 1.68 bits per heavy atom. The van der Waals surface area contributed by atoms with Crippen molar-refractivity contribution < 1.29 is 40.7 Å². The van der Waals surface area contributed by atoms with Gasteiger partial charge in [0.1, 0.15) is 6.04 Å². The minimum absolute atomic E-state index is 0.0267. The first-order valence-electron chi connectivity index (χ1n) is 12.7. The molecule has 210 valence electrons. The summed E-state index contributed by atoms with van der Waals surface area (Å²) in [7, 11) is -2.40. The molecule has 0 radical (unpaired) electrons. The van der Waals surface area contributed by atoms with E-state index >= 15 is 0 Å². The van der Waals surface area contributed by atoms with Crippen molar-refractivity contribution in [1.29, 1.82) is 0 Å². The lowest BCUT2D eigenvalue weighted by Gasteiger charge is -2.40. The van der Waals surface area contributed by atoms with Crippen molar-refractivity contribution in [3.8, 4) is 0 Å². The van der Waals surface area contributed by atoms with Crippen LogP contribution in [0, 0.1) is 11.8 Å². The number of piperidine rings is 1. The van der Waals surface area contributed by atoms with E-state index in [2.05, 4.69) is 10.1 Å². The van der Waals surface area contributed by atoms with Gasteiger partial charge in [-0.1, -0.05) is 12.1 Å². The maximum atomic E-state index is 13.4. The van der Waals surface area contributed by atoms with Crippen LogP contribution in [0.4, 0.5) is 13.2 Å². The molecule has 1 saturated carbocycles. The zero-order valence-electron chi connectivity index (χ0n) is 21.1. The summed E-state index contributed by atoms with van der Waals surface area (Å²) in [6.07, 6.45) is -1.93. The van der Waals surface area contributed by atoms with Gasteiger partial charge in [0.2, 0.25) is 21.8 Å². The van der Waals surface area contributed by atoms with Crippen molar-refractivity contribution in [1.82, 2.24) is 14.5 Å². The summed E-state index contributed by atoms with van der Waals surface area (Å²) in [5.41, 5.74) is -0.273. The first-order chi connectivity index (χ1) is 17.9. The lowest BCUT2D eigenvalue weighted by molar-refractivity contribution is -0.148. The second-order valence-corrected chi connectivity index (χ2v) is 12.4. The van der Waals surface area contributed by atoms with E-state index in [1.165, 1.54) is 28.4 Å². The van der Waals surface area contributed by atoms with Gasteiger partial charge in [-0.25, -0.2) is 12.7 Å². The van der Waals surface area contributed by atoms with Gasteiger partial charge in [-0.05, 0) is 56.2 Å². The van der Waals surface area contributed by atoms with E-state index in [4.69, 9.17) is 0 Å². The molecule has 4 rings (SSSR count). The minimum Gasteiger partial charge on any atom is -0.469 e. The van der Waals surface area contributed by atoms with Crippen LogP contribution in [0.2, 0.25) is 0 Å². The lowest BCUT2D eigenvalue weighted by atomic mass is 9.85. The Balaban J connectivity index is 1.33. The third-order valence-electron chi connectivity index (χ3n) is 7.73. The standard InChI is InChI=1S/C25H32F3N3O6S/c1-37-24(34)18-12-20(13-18)38(35,36)30-10-2-4-17(15-30)23(33)31-11-3-5-21(31)22(32)29-14-16-6-8-19(9-7-16)25(26,27)28/h6-9,17-18,20-21H,2-5,10-15H2,1H3,(H,29,32)/t17-,18?,20?,21+/m0/s1. The number of rotatable bonds is 7. The zero-order chi connectivity index (χ0) is 27.7. The monoisotopic (exact) mass is 559 g/mol. The lowest BCUT2D eigenvalue weighted by Crippen LogP contribution is -2.54. The van der Waals surface area contributed by atoms with E-state index < -0.39 is 50.9 Å². The number of sulfonamides is 1. The Hall–Kier alpha value is -2.67. The molecular formula is C25H32F3N3O6S. The first-order valence-corrected chi connectivity index (χ1v) is 14.2. The Bertz CT molecular complexity index is 1150. The van der Waals surface area contributed by atoms with Gasteiger partial charge in [0.15, 0.2) is 0 Å². The highest BCUT2D eigenvalue weighted by molar-refractivity contribution is 7.89. The fourth-order valence-corrected chi connectivity index (χ4v) is 7.55. The van der Waals surface area contributed by atoms with Crippen LogP contribution in [0.5, 0.6) is 0 Å². The summed E-state index contributed by atoms with van der Waals surface area (Å²) < 4.78 is 70.5. The number of amides is 2. The maximum absolute atomic E-state index is 13.4. The van der Waals surface area contributed by atoms with E-state index in [0.29, 0.717) is 44.3 Å². The van der Waals surface area contributed by atoms with Gasteiger partial charge in [0.25, 0.3) is 0 Å². The number of ether oxygens (including phenoxy) is 1. The van der Waals surface area contributed by atoms with E-state index in [1.807, 2.05) is 0 Å². The quantitative estimate of drug-likeness (QED) is 0.513. The number of carbonyl (C=O) groups excluding carboxylic acids is 3. The second-order valence-electron chi connectivity index (χ2n) is 10.2. The maximum Gasteiger partial charge on any atom is 0.416 e. The van der Waals surface area contributed by atoms with Gasteiger partial charge in [-0.2, -0.15) is 13.2 Å². The topological polar surface area (TPSA) is 113 Å². The SMILES string of the molecule is COC(=O)C1CC(S(=O)(=O)N2CCC[C@H](C(=O)N3CCC[C@@H]3C(=O)NCc3ccc(C(F)(F)F)cc3)C2)C1. The number of alkyl halides is 3. The number of nitrogens with one attached hydrogen (secondary N) is 1. The van der Waals surface area contributed by atoms with Crippen LogP contribution in [-0.4, -0.2) is 73.4 Å². The summed E-state index contributed by atoms with van der Waals surface area (Å²) in [6.45, 7) is 0.752. The van der Waals surface area contributed by atoms with Crippen molar-refractivity contribution in [2.24, 2.45) is 11.8 Å². The van der Waals surface area contributed by atoms with Gasteiger partial charge >= 0.3 is 12.1 Å². The van der Waals surface area contributed by atoms with Crippen LogP contribution < -0.4 is 5.32 Å². The van der Waals surface area contributed by atoms with Gasteiger partial charge in [0, 0.05) is 26.2 Å². The molecule has 2 amide bonds. The molecule has 0 spiro atoms. The van der Waals surface area contributed by atoms with Crippen LogP contribution in [0.25, 0.3) is 0 Å². The molecule has 1 aromatic rings. The zero-order valence-corrected chi connectivity index (χ0v) is 21.9. The minimum atomic E-state index is -4.44. The number of halogens is 3. The fraction of sp³-hybridized carbons (Fsp3) is 0.640. The number of hydrogen-bond donors (Lipinski definition) is 1. The number of benzene rings is 1. The van der Waals surface area contributed by atoms with Gasteiger partial charge in [-0.15, -0.1) is 0 Å². The molecule has 2 atom stereocenters. The summed E-state index contributed by atoms with van der Waals surface area (Å²) in [4.78, 5) is 39.4. The molecule has 0 bridgehead atoms. The molecule has 0 unspecified atom stereocenters. The molecule has 1 aromatic carbocycles. The third kappa shape index (κ3) is 5.98. The average molecular weight is 560 g/mol. The Morgan fingerprint density at radius 1 is 1.03 bits per heavy atom. The molecule has 2 aliphatic heterocycles. The Kier molecular flexibility index (Phi) is 8.36. The normalized spacial score (nSPS) is 26.5. The molecule has 0 aromatic heterocycles. The summed E-state index contributed by atoms with van der Waals surface area (Å²) in [5, 5.41) is 2.04. The van der Waals surface area contributed by atoms with Crippen molar-refractivity contribution in [2.75, 3.05) is 26.7 Å². The predicted octanol–water partition coefficient (Wildman–Crippen LogP) is 2.31. The van der Waals surface area contributed by atoms with Gasteiger partial charge in [0.05, 0.1) is 29.8 Å². The van der Waals surface area contributed by atoms with Crippen molar-refractivity contribution >= 4 is 27.8 Å². The van der Waals surface area contributed by atoms with E-state index in [0.717, 1.165) is 12.1 Å². The fourth-order valence-electron chi connectivity index (χ4n) is 5.41. The van der Waals surface area contributed by atoms with Crippen LogP contribution >= 0.6 is 0 Å². The third-order valence-corrected chi connectivity index (χ3v) is 10.0. The number of hydrogen-bond acceptors (Lipinski definition) is 6. The first kappa shape index (κ1) is 28.3. The van der Waals surface area contributed by atoms with Crippen molar-refractivity contribution in [3.63, 3.8) is 0 Å².